The standard InChI is InChI=1S/C15H15F3N2/c16-15(17,18)13-9-4-10-14(20-13)19-11-5-8-12-6-2-1-3-7-12/h1-4,6-7,9-10H,5,8,11H2,(H,19,20). The zero-order valence-corrected chi connectivity index (χ0v) is 10.8. The van der Waals surface area contributed by atoms with Crippen LogP contribution in [-0.4, -0.2) is 11.5 Å². The SMILES string of the molecule is FC(F)(F)c1cccc(NCCCc2ccccc2)n1. The van der Waals surface area contributed by atoms with E-state index in [0.29, 0.717) is 6.54 Å². The van der Waals surface area contributed by atoms with Crippen LogP contribution in [0.15, 0.2) is 48.5 Å². The fourth-order valence-electron chi connectivity index (χ4n) is 1.84. The molecular formula is C15H15F3N2. The topological polar surface area (TPSA) is 24.9 Å². The quantitative estimate of drug-likeness (QED) is 0.832. The summed E-state index contributed by atoms with van der Waals surface area (Å²) in [6.07, 6.45) is -2.68. The Balaban J connectivity index is 1.83. The summed E-state index contributed by atoms with van der Waals surface area (Å²) < 4.78 is 37.5. The van der Waals surface area contributed by atoms with Crippen molar-refractivity contribution in [2.45, 2.75) is 19.0 Å². The molecule has 0 unspecified atom stereocenters. The molecule has 0 fully saturated rings. The van der Waals surface area contributed by atoms with Crippen LogP contribution in [0.3, 0.4) is 0 Å². The monoisotopic (exact) mass is 280 g/mol. The van der Waals surface area contributed by atoms with Gasteiger partial charge in [-0.1, -0.05) is 36.4 Å². The predicted octanol–water partition coefficient (Wildman–Crippen LogP) is 4.15. The van der Waals surface area contributed by atoms with E-state index in [-0.39, 0.29) is 5.82 Å². The largest absolute Gasteiger partial charge is 0.433 e. The van der Waals surface area contributed by atoms with Gasteiger partial charge in [0.2, 0.25) is 0 Å². The minimum Gasteiger partial charge on any atom is -0.370 e. The van der Waals surface area contributed by atoms with Crippen molar-refractivity contribution in [1.82, 2.24) is 4.98 Å². The molecule has 0 atom stereocenters. The second-order valence-corrected chi connectivity index (χ2v) is 4.42. The van der Waals surface area contributed by atoms with E-state index in [1.807, 2.05) is 30.3 Å². The average Bonchev–Trinajstić information content (AvgIpc) is 2.44. The summed E-state index contributed by atoms with van der Waals surface area (Å²) in [5.74, 6) is 0.257. The molecule has 0 spiro atoms. The molecule has 5 heteroatoms. The van der Waals surface area contributed by atoms with Gasteiger partial charge >= 0.3 is 6.18 Å². The summed E-state index contributed by atoms with van der Waals surface area (Å²) in [7, 11) is 0. The third kappa shape index (κ3) is 4.26. The number of pyridine rings is 1. The highest BCUT2D eigenvalue weighted by Gasteiger charge is 2.32. The zero-order valence-electron chi connectivity index (χ0n) is 10.8. The van der Waals surface area contributed by atoms with Gasteiger partial charge in [-0.05, 0) is 30.5 Å². The molecule has 1 N–H and O–H groups in total. The average molecular weight is 280 g/mol. The lowest BCUT2D eigenvalue weighted by Gasteiger charge is -2.09. The number of alkyl halides is 3. The minimum atomic E-state index is -4.40. The number of nitrogens with one attached hydrogen (secondary N) is 1. The lowest BCUT2D eigenvalue weighted by atomic mass is 10.1. The molecule has 106 valence electrons. The molecule has 0 radical (unpaired) electrons. The summed E-state index contributed by atoms with van der Waals surface area (Å²) in [6, 6.07) is 13.8. The molecular weight excluding hydrogens is 265 g/mol. The number of hydrogen-bond acceptors (Lipinski definition) is 2. The first kappa shape index (κ1) is 14.4. The van der Waals surface area contributed by atoms with E-state index in [2.05, 4.69) is 10.3 Å². The van der Waals surface area contributed by atoms with Crippen molar-refractivity contribution in [2.24, 2.45) is 0 Å². The van der Waals surface area contributed by atoms with Gasteiger partial charge in [-0.2, -0.15) is 13.2 Å². The zero-order chi connectivity index (χ0) is 14.4. The van der Waals surface area contributed by atoms with Gasteiger partial charge in [0.1, 0.15) is 11.5 Å². The van der Waals surface area contributed by atoms with Crippen LogP contribution in [0.1, 0.15) is 17.7 Å². The number of benzene rings is 1. The van der Waals surface area contributed by atoms with Gasteiger partial charge in [0.05, 0.1) is 0 Å². The lowest BCUT2D eigenvalue weighted by Crippen LogP contribution is -2.11. The van der Waals surface area contributed by atoms with Crippen molar-refractivity contribution in [2.75, 3.05) is 11.9 Å². The summed E-state index contributed by atoms with van der Waals surface area (Å²) in [5, 5.41) is 2.92. The molecule has 1 aromatic carbocycles. The Hall–Kier alpha value is -2.04. The van der Waals surface area contributed by atoms with Gasteiger partial charge in [0.25, 0.3) is 0 Å². The highest BCUT2D eigenvalue weighted by atomic mass is 19.4. The van der Waals surface area contributed by atoms with Crippen molar-refractivity contribution < 1.29 is 13.2 Å². The normalized spacial score (nSPS) is 11.3. The van der Waals surface area contributed by atoms with Crippen LogP contribution < -0.4 is 5.32 Å². The third-order valence-corrected chi connectivity index (χ3v) is 2.83. The fourth-order valence-corrected chi connectivity index (χ4v) is 1.84. The Kier molecular flexibility index (Phi) is 4.61. The molecule has 2 rings (SSSR count). The van der Waals surface area contributed by atoms with Crippen LogP contribution in [-0.2, 0) is 12.6 Å². The highest BCUT2D eigenvalue weighted by Crippen LogP contribution is 2.28. The summed E-state index contributed by atoms with van der Waals surface area (Å²) in [4.78, 5) is 3.55. The second kappa shape index (κ2) is 6.41. The number of hydrogen-bond donors (Lipinski definition) is 1. The molecule has 0 bridgehead atoms. The summed E-state index contributed by atoms with van der Waals surface area (Å²) >= 11 is 0. The lowest BCUT2D eigenvalue weighted by molar-refractivity contribution is -0.141. The number of aromatic nitrogens is 1. The summed E-state index contributed by atoms with van der Waals surface area (Å²) in [5.41, 5.74) is 0.344. The second-order valence-electron chi connectivity index (χ2n) is 4.42. The molecule has 1 heterocycles. The van der Waals surface area contributed by atoms with E-state index in [0.717, 1.165) is 18.9 Å². The van der Waals surface area contributed by atoms with Crippen LogP contribution in [0.2, 0.25) is 0 Å². The van der Waals surface area contributed by atoms with Crippen molar-refractivity contribution in [1.29, 1.82) is 0 Å². The van der Waals surface area contributed by atoms with Crippen LogP contribution in [0.4, 0.5) is 19.0 Å². The van der Waals surface area contributed by atoms with Crippen molar-refractivity contribution in [3.8, 4) is 0 Å². The van der Waals surface area contributed by atoms with E-state index < -0.39 is 11.9 Å². The highest BCUT2D eigenvalue weighted by molar-refractivity contribution is 5.35. The first-order valence-corrected chi connectivity index (χ1v) is 6.38. The Morgan fingerprint density at radius 2 is 1.70 bits per heavy atom. The maximum Gasteiger partial charge on any atom is 0.433 e. The fraction of sp³-hybridized carbons (Fsp3) is 0.267. The Morgan fingerprint density at radius 3 is 2.40 bits per heavy atom. The molecule has 0 amide bonds. The Labute approximate surface area is 115 Å². The predicted molar refractivity (Wildman–Crippen MR) is 72.5 cm³/mol. The number of halogens is 3. The van der Waals surface area contributed by atoms with Crippen LogP contribution in [0, 0.1) is 0 Å². The third-order valence-electron chi connectivity index (χ3n) is 2.83. The van der Waals surface area contributed by atoms with Gasteiger partial charge in [-0.25, -0.2) is 4.98 Å². The van der Waals surface area contributed by atoms with Crippen molar-refractivity contribution >= 4 is 5.82 Å². The molecule has 0 saturated heterocycles. The molecule has 0 saturated carbocycles. The van der Waals surface area contributed by atoms with Gasteiger partial charge in [-0.15, -0.1) is 0 Å². The molecule has 2 aromatic rings. The molecule has 2 nitrogen and oxygen atoms in total. The Morgan fingerprint density at radius 1 is 0.950 bits per heavy atom. The van der Waals surface area contributed by atoms with E-state index in [9.17, 15) is 13.2 Å². The Bertz CT molecular complexity index is 538. The molecule has 0 aliphatic heterocycles. The maximum absolute atomic E-state index is 12.5. The van der Waals surface area contributed by atoms with E-state index in [1.54, 1.807) is 0 Å². The summed E-state index contributed by atoms with van der Waals surface area (Å²) in [6.45, 7) is 0.587. The molecule has 0 aliphatic rings. The number of rotatable bonds is 5. The van der Waals surface area contributed by atoms with E-state index in [1.165, 1.54) is 17.7 Å². The van der Waals surface area contributed by atoms with Crippen molar-refractivity contribution in [3.63, 3.8) is 0 Å². The minimum absolute atomic E-state index is 0.257. The van der Waals surface area contributed by atoms with Crippen molar-refractivity contribution in [3.05, 3.63) is 59.8 Å². The molecule has 20 heavy (non-hydrogen) atoms. The van der Waals surface area contributed by atoms with Crippen LogP contribution in [0.25, 0.3) is 0 Å². The first-order valence-electron chi connectivity index (χ1n) is 6.38. The maximum atomic E-state index is 12.5. The van der Waals surface area contributed by atoms with Gasteiger partial charge in [0, 0.05) is 6.54 Å². The van der Waals surface area contributed by atoms with Gasteiger partial charge < -0.3 is 5.32 Å². The number of anilines is 1. The smallest absolute Gasteiger partial charge is 0.370 e. The number of nitrogens with zero attached hydrogens (tertiary/aromatic N) is 1. The first-order chi connectivity index (χ1) is 9.55. The number of aryl methyl sites for hydroxylation is 1. The molecule has 0 aliphatic carbocycles. The van der Waals surface area contributed by atoms with Gasteiger partial charge in [-0.3, -0.25) is 0 Å². The van der Waals surface area contributed by atoms with Crippen LogP contribution in [0.5, 0.6) is 0 Å². The molecule has 1 aromatic heterocycles. The van der Waals surface area contributed by atoms with Crippen LogP contribution >= 0.6 is 0 Å². The van der Waals surface area contributed by atoms with Gasteiger partial charge in [0.15, 0.2) is 0 Å². The van der Waals surface area contributed by atoms with E-state index in [4.69, 9.17) is 0 Å². The van der Waals surface area contributed by atoms with E-state index >= 15 is 0 Å².